The average Bonchev–Trinajstić information content (AvgIpc) is 2.41. The lowest BCUT2D eigenvalue weighted by Crippen LogP contribution is -2.13. The first-order valence-electron chi connectivity index (χ1n) is 5.35. The van der Waals surface area contributed by atoms with Crippen LogP contribution in [0.1, 0.15) is 10.4 Å². The zero-order chi connectivity index (χ0) is 14.7. The summed E-state index contributed by atoms with van der Waals surface area (Å²) in [7, 11) is 0. The van der Waals surface area contributed by atoms with Gasteiger partial charge < -0.3 is 5.32 Å². The van der Waals surface area contributed by atoms with Crippen molar-refractivity contribution >= 4 is 44.8 Å². The molecule has 20 heavy (non-hydrogen) atoms. The molecule has 8 heteroatoms. The molecule has 0 aliphatic carbocycles. The second kappa shape index (κ2) is 5.98. The lowest BCUT2D eigenvalue weighted by Gasteiger charge is -2.07. The van der Waals surface area contributed by atoms with Crippen molar-refractivity contribution in [2.24, 2.45) is 0 Å². The first-order valence-corrected chi connectivity index (χ1v) is 6.52. The minimum atomic E-state index is -0.572. The normalized spacial score (nSPS) is 10.1. The van der Waals surface area contributed by atoms with Crippen molar-refractivity contribution < 1.29 is 9.72 Å². The molecule has 1 amide bonds. The summed E-state index contributed by atoms with van der Waals surface area (Å²) < 4.78 is 0.113. The summed E-state index contributed by atoms with van der Waals surface area (Å²) >= 11 is 8.89. The van der Waals surface area contributed by atoms with Gasteiger partial charge in [-0.1, -0.05) is 17.7 Å². The minimum Gasteiger partial charge on any atom is -0.319 e. The van der Waals surface area contributed by atoms with E-state index in [2.05, 4.69) is 26.2 Å². The van der Waals surface area contributed by atoms with Crippen LogP contribution in [0.25, 0.3) is 0 Å². The van der Waals surface area contributed by atoms with Crippen molar-refractivity contribution in [3.63, 3.8) is 0 Å². The highest BCUT2D eigenvalue weighted by Gasteiger charge is 2.20. The number of amides is 1. The van der Waals surface area contributed by atoms with Gasteiger partial charge in [0.15, 0.2) is 5.15 Å². The van der Waals surface area contributed by atoms with Gasteiger partial charge in [0.2, 0.25) is 0 Å². The number of hydrogen-bond donors (Lipinski definition) is 1. The molecule has 1 aromatic heterocycles. The van der Waals surface area contributed by atoms with E-state index in [1.54, 1.807) is 12.1 Å². The number of carbonyl (C=O) groups excluding carboxylic acids is 1. The molecule has 1 aromatic carbocycles. The molecular formula is C12H7BrClN3O3. The highest BCUT2D eigenvalue weighted by Crippen LogP contribution is 2.29. The molecular weight excluding hydrogens is 350 g/mol. The molecule has 6 nitrogen and oxygen atoms in total. The quantitative estimate of drug-likeness (QED) is 0.516. The highest BCUT2D eigenvalue weighted by atomic mass is 79.9. The monoisotopic (exact) mass is 355 g/mol. The van der Waals surface area contributed by atoms with Crippen molar-refractivity contribution in [2.75, 3.05) is 5.32 Å². The number of halogens is 2. The molecule has 0 bridgehead atoms. The van der Waals surface area contributed by atoms with Crippen LogP contribution >= 0.6 is 27.5 Å². The van der Waals surface area contributed by atoms with Gasteiger partial charge in [-0.3, -0.25) is 14.9 Å². The third-order valence-corrected chi connectivity index (χ3v) is 3.56. The van der Waals surface area contributed by atoms with Gasteiger partial charge in [-0.15, -0.1) is 0 Å². The van der Waals surface area contributed by atoms with Gasteiger partial charge in [-0.2, -0.15) is 0 Å². The van der Waals surface area contributed by atoms with Crippen molar-refractivity contribution in [1.82, 2.24) is 4.98 Å². The van der Waals surface area contributed by atoms with Crippen LogP contribution in [0.5, 0.6) is 0 Å². The Morgan fingerprint density at radius 2 is 2.10 bits per heavy atom. The molecule has 0 aliphatic heterocycles. The van der Waals surface area contributed by atoms with Crippen LogP contribution in [0.2, 0.25) is 5.15 Å². The van der Waals surface area contributed by atoms with E-state index in [-0.39, 0.29) is 20.9 Å². The van der Waals surface area contributed by atoms with E-state index < -0.39 is 10.8 Å². The molecule has 2 aromatic rings. The maximum Gasteiger partial charge on any atom is 0.284 e. The van der Waals surface area contributed by atoms with Gasteiger partial charge in [0.05, 0.1) is 16.2 Å². The SMILES string of the molecule is O=C(Nc1cccnc1Cl)c1cccc([N+](=O)[O-])c1Br. The molecule has 1 N–H and O–H groups in total. The third kappa shape index (κ3) is 2.94. The van der Waals surface area contributed by atoms with Crippen LogP contribution in [0.4, 0.5) is 11.4 Å². The minimum absolute atomic E-state index is 0.113. The van der Waals surface area contributed by atoms with E-state index in [4.69, 9.17) is 11.6 Å². The molecule has 0 saturated carbocycles. The van der Waals surface area contributed by atoms with Crippen molar-refractivity contribution in [2.45, 2.75) is 0 Å². The zero-order valence-electron chi connectivity index (χ0n) is 9.84. The van der Waals surface area contributed by atoms with E-state index in [0.29, 0.717) is 5.69 Å². The van der Waals surface area contributed by atoms with E-state index in [1.807, 2.05) is 0 Å². The number of nitrogens with zero attached hydrogens (tertiary/aromatic N) is 2. The molecule has 0 unspecified atom stereocenters. The number of carbonyl (C=O) groups is 1. The maximum atomic E-state index is 12.1. The number of nitro groups is 1. The fourth-order valence-corrected chi connectivity index (χ4v) is 2.26. The first kappa shape index (κ1) is 14.4. The molecule has 2 rings (SSSR count). The van der Waals surface area contributed by atoms with Gasteiger partial charge >= 0.3 is 0 Å². The standard InChI is InChI=1S/C12H7BrClN3O3/c13-10-7(3-1-5-9(10)17(19)20)12(18)16-8-4-2-6-15-11(8)14/h1-6H,(H,16,18). The van der Waals surface area contributed by atoms with Crippen LogP contribution in [0, 0.1) is 10.1 Å². The van der Waals surface area contributed by atoms with Crippen LogP contribution < -0.4 is 5.32 Å². The average molecular weight is 357 g/mol. The van der Waals surface area contributed by atoms with Crippen molar-refractivity contribution in [3.8, 4) is 0 Å². The lowest BCUT2D eigenvalue weighted by atomic mass is 10.2. The summed E-state index contributed by atoms with van der Waals surface area (Å²) in [5.74, 6) is -0.518. The summed E-state index contributed by atoms with van der Waals surface area (Å²) in [5, 5.41) is 13.5. The van der Waals surface area contributed by atoms with E-state index in [0.717, 1.165) is 0 Å². The Morgan fingerprint density at radius 3 is 2.75 bits per heavy atom. The number of anilines is 1. The number of pyridine rings is 1. The summed E-state index contributed by atoms with van der Waals surface area (Å²) in [6.07, 6.45) is 1.49. The molecule has 0 atom stereocenters. The number of nitrogens with one attached hydrogen (secondary N) is 1. The van der Waals surface area contributed by atoms with E-state index in [9.17, 15) is 14.9 Å². The van der Waals surface area contributed by atoms with Crippen LogP contribution in [0.15, 0.2) is 41.0 Å². The molecule has 0 fully saturated rings. The number of benzene rings is 1. The number of aromatic nitrogens is 1. The van der Waals surface area contributed by atoms with Crippen LogP contribution in [0.3, 0.4) is 0 Å². The van der Waals surface area contributed by atoms with E-state index in [1.165, 1.54) is 24.4 Å². The largest absolute Gasteiger partial charge is 0.319 e. The van der Waals surface area contributed by atoms with Gasteiger partial charge in [0, 0.05) is 12.3 Å². The van der Waals surface area contributed by atoms with Gasteiger partial charge in [-0.05, 0) is 34.1 Å². The predicted molar refractivity (Wildman–Crippen MR) is 78.0 cm³/mol. The number of rotatable bonds is 3. The Bertz CT molecular complexity index is 693. The summed E-state index contributed by atoms with van der Waals surface area (Å²) in [5.41, 5.74) is 0.284. The zero-order valence-corrected chi connectivity index (χ0v) is 12.2. The van der Waals surface area contributed by atoms with Crippen LogP contribution in [-0.4, -0.2) is 15.8 Å². The summed E-state index contributed by atoms with van der Waals surface area (Å²) in [6, 6.07) is 7.40. The number of hydrogen-bond acceptors (Lipinski definition) is 4. The fourth-order valence-electron chi connectivity index (χ4n) is 1.51. The third-order valence-electron chi connectivity index (χ3n) is 2.43. The van der Waals surface area contributed by atoms with Crippen molar-refractivity contribution in [3.05, 3.63) is 61.8 Å². The fraction of sp³-hybridized carbons (Fsp3) is 0. The Hall–Kier alpha value is -1.99. The lowest BCUT2D eigenvalue weighted by molar-refractivity contribution is -0.385. The maximum absolute atomic E-state index is 12.1. The Balaban J connectivity index is 2.33. The molecule has 0 spiro atoms. The summed E-state index contributed by atoms with van der Waals surface area (Å²) in [4.78, 5) is 26.2. The molecule has 0 aliphatic rings. The van der Waals surface area contributed by atoms with Gasteiger partial charge in [0.1, 0.15) is 4.47 Å². The van der Waals surface area contributed by atoms with Crippen LogP contribution in [-0.2, 0) is 0 Å². The Kier molecular flexibility index (Phi) is 4.31. The second-order valence-electron chi connectivity index (χ2n) is 3.69. The molecule has 0 radical (unpaired) electrons. The smallest absolute Gasteiger partial charge is 0.284 e. The van der Waals surface area contributed by atoms with Crippen molar-refractivity contribution in [1.29, 1.82) is 0 Å². The highest BCUT2D eigenvalue weighted by molar-refractivity contribution is 9.10. The van der Waals surface area contributed by atoms with Gasteiger partial charge in [0.25, 0.3) is 11.6 Å². The van der Waals surface area contributed by atoms with Gasteiger partial charge in [-0.25, -0.2) is 4.98 Å². The van der Waals surface area contributed by atoms with E-state index >= 15 is 0 Å². The molecule has 102 valence electrons. The topological polar surface area (TPSA) is 85.1 Å². The Morgan fingerprint density at radius 1 is 1.35 bits per heavy atom. The second-order valence-corrected chi connectivity index (χ2v) is 4.84. The number of nitro benzene ring substituents is 1. The summed E-state index contributed by atoms with van der Waals surface area (Å²) in [6.45, 7) is 0. The predicted octanol–water partition coefficient (Wildman–Crippen LogP) is 3.66. The molecule has 1 heterocycles. The Labute approximate surface area is 127 Å². The first-order chi connectivity index (χ1) is 9.50. The molecule has 0 saturated heterocycles.